The van der Waals surface area contributed by atoms with Gasteiger partial charge in [-0.3, -0.25) is 4.79 Å². The fourth-order valence-electron chi connectivity index (χ4n) is 2.78. The number of sulfonamides is 1. The molecule has 7 nitrogen and oxygen atoms in total. The number of benzene rings is 1. The van der Waals surface area contributed by atoms with E-state index in [1.807, 2.05) is 12.1 Å². The average molecular weight is 415 g/mol. The van der Waals surface area contributed by atoms with Crippen molar-refractivity contribution in [2.45, 2.75) is 19.8 Å². The zero-order valence-corrected chi connectivity index (χ0v) is 16.6. The quantitative estimate of drug-likeness (QED) is 0.812. The Labute approximate surface area is 161 Å². The van der Waals surface area contributed by atoms with Crippen molar-refractivity contribution < 1.29 is 13.2 Å². The summed E-state index contributed by atoms with van der Waals surface area (Å²) >= 11 is 7.14. The summed E-state index contributed by atoms with van der Waals surface area (Å²) in [5, 5.41) is 12.6. The van der Waals surface area contributed by atoms with E-state index in [4.69, 9.17) is 11.6 Å². The van der Waals surface area contributed by atoms with Crippen LogP contribution < -0.4 is 5.32 Å². The van der Waals surface area contributed by atoms with Gasteiger partial charge < -0.3 is 5.32 Å². The molecule has 1 aliphatic rings. The number of carbonyl (C=O) groups is 1. The maximum atomic E-state index is 12.5. The first kappa shape index (κ1) is 19.2. The molecule has 0 bridgehead atoms. The molecule has 1 aliphatic heterocycles. The second kappa shape index (κ2) is 7.99. The van der Waals surface area contributed by atoms with Crippen molar-refractivity contribution in [2.75, 3.05) is 24.2 Å². The summed E-state index contributed by atoms with van der Waals surface area (Å²) in [6.45, 7) is 2.29. The van der Waals surface area contributed by atoms with E-state index in [1.54, 1.807) is 19.1 Å². The number of hydrogen-bond acceptors (Lipinski definition) is 6. The normalized spacial score (nSPS) is 18.6. The first-order chi connectivity index (χ1) is 12.4. The Kier molecular flexibility index (Phi) is 5.91. The summed E-state index contributed by atoms with van der Waals surface area (Å²) in [7, 11) is -3.28. The Morgan fingerprint density at radius 1 is 1.35 bits per heavy atom. The van der Waals surface area contributed by atoms with Crippen molar-refractivity contribution in [3.63, 3.8) is 0 Å². The number of nitrogens with one attached hydrogen (secondary N) is 1. The molecule has 1 fully saturated rings. The molecule has 2 aromatic rings. The number of rotatable bonds is 5. The first-order valence-corrected chi connectivity index (χ1v) is 11.1. The van der Waals surface area contributed by atoms with Gasteiger partial charge in [-0.2, -0.15) is 0 Å². The van der Waals surface area contributed by atoms with Gasteiger partial charge in [-0.15, -0.1) is 10.2 Å². The topological polar surface area (TPSA) is 92.3 Å². The molecule has 10 heteroatoms. The maximum Gasteiger partial charge on any atom is 0.230 e. The minimum Gasteiger partial charge on any atom is -0.300 e. The molecule has 26 heavy (non-hydrogen) atoms. The molecule has 1 N–H and O–H groups in total. The van der Waals surface area contributed by atoms with E-state index < -0.39 is 10.0 Å². The van der Waals surface area contributed by atoms with E-state index in [0.717, 1.165) is 5.56 Å². The highest BCUT2D eigenvalue weighted by atomic mass is 35.5. The Hall–Kier alpha value is -1.55. The minimum absolute atomic E-state index is 0.0438. The lowest BCUT2D eigenvalue weighted by Crippen LogP contribution is -2.44. The van der Waals surface area contributed by atoms with Crippen molar-refractivity contribution >= 4 is 44.0 Å². The van der Waals surface area contributed by atoms with Crippen molar-refractivity contribution in [1.29, 1.82) is 0 Å². The van der Waals surface area contributed by atoms with Crippen molar-refractivity contribution in [3.8, 4) is 10.6 Å². The van der Waals surface area contributed by atoms with Gasteiger partial charge in [-0.05, 0) is 31.9 Å². The molecular formula is C16H19ClN4O3S2. The van der Waals surface area contributed by atoms with Gasteiger partial charge in [0.2, 0.25) is 21.1 Å². The highest BCUT2D eigenvalue weighted by Gasteiger charge is 2.31. The van der Waals surface area contributed by atoms with Crippen LogP contribution in [0.25, 0.3) is 10.6 Å². The van der Waals surface area contributed by atoms with Crippen LogP contribution in [0.1, 0.15) is 19.8 Å². The van der Waals surface area contributed by atoms with Crippen LogP contribution in [0.5, 0.6) is 0 Å². The van der Waals surface area contributed by atoms with E-state index >= 15 is 0 Å². The summed E-state index contributed by atoms with van der Waals surface area (Å²) in [6.07, 6.45) is 1.33. The Balaban J connectivity index is 1.66. The number of halogens is 1. The molecule has 1 atom stereocenters. The zero-order valence-electron chi connectivity index (χ0n) is 14.2. The van der Waals surface area contributed by atoms with E-state index in [0.29, 0.717) is 34.5 Å². The largest absolute Gasteiger partial charge is 0.300 e. The van der Waals surface area contributed by atoms with E-state index in [9.17, 15) is 13.2 Å². The van der Waals surface area contributed by atoms with Crippen LogP contribution in [0.4, 0.5) is 5.13 Å². The summed E-state index contributed by atoms with van der Waals surface area (Å²) in [6, 6.07) is 7.20. The van der Waals surface area contributed by atoms with Crippen LogP contribution in [-0.4, -0.2) is 47.7 Å². The highest BCUT2D eigenvalue weighted by molar-refractivity contribution is 7.89. The van der Waals surface area contributed by atoms with Crippen molar-refractivity contribution in [1.82, 2.24) is 14.5 Å². The van der Waals surface area contributed by atoms with E-state index in [2.05, 4.69) is 15.5 Å². The second-order valence-electron chi connectivity index (χ2n) is 6.01. The van der Waals surface area contributed by atoms with Crippen LogP contribution in [0.2, 0.25) is 5.02 Å². The standard InChI is InChI=1S/C16H19ClN4O3S2/c1-2-26(23,24)21-9-3-4-12(10-21)14(22)18-16-20-19-15(25-16)11-5-7-13(17)8-6-11/h5-8,12H,2-4,9-10H2,1H3,(H,18,20,22). The summed E-state index contributed by atoms with van der Waals surface area (Å²) in [5.41, 5.74) is 0.866. The summed E-state index contributed by atoms with van der Waals surface area (Å²) in [5.74, 6) is -0.560. The molecule has 1 saturated heterocycles. The van der Waals surface area contributed by atoms with Gasteiger partial charge in [-0.1, -0.05) is 35.1 Å². The lowest BCUT2D eigenvalue weighted by atomic mass is 9.99. The minimum atomic E-state index is -3.28. The third-order valence-corrected chi connectivity index (χ3v) is 7.25. The lowest BCUT2D eigenvalue weighted by molar-refractivity contribution is -0.120. The van der Waals surface area contributed by atoms with Gasteiger partial charge in [0.15, 0.2) is 0 Å². The van der Waals surface area contributed by atoms with Gasteiger partial charge in [0.1, 0.15) is 5.01 Å². The van der Waals surface area contributed by atoms with Crippen LogP contribution in [0, 0.1) is 5.92 Å². The molecule has 1 aromatic carbocycles. The number of carbonyl (C=O) groups excluding carboxylic acids is 1. The lowest BCUT2D eigenvalue weighted by Gasteiger charge is -2.30. The first-order valence-electron chi connectivity index (χ1n) is 8.27. The van der Waals surface area contributed by atoms with Crippen LogP contribution >= 0.6 is 22.9 Å². The van der Waals surface area contributed by atoms with Crippen LogP contribution in [0.3, 0.4) is 0 Å². The highest BCUT2D eigenvalue weighted by Crippen LogP contribution is 2.28. The van der Waals surface area contributed by atoms with Gasteiger partial charge >= 0.3 is 0 Å². The molecule has 3 rings (SSSR count). The second-order valence-corrected chi connectivity index (χ2v) is 9.68. The average Bonchev–Trinajstić information content (AvgIpc) is 3.11. The molecule has 2 heterocycles. The number of amides is 1. The zero-order chi connectivity index (χ0) is 18.7. The number of nitrogens with zero attached hydrogens (tertiary/aromatic N) is 3. The van der Waals surface area contributed by atoms with Gasteiger partial charge in [0, 0.05) is 23.7 Å². The monoisotopic (exact) mass is 414 g/mol. The number of piperidine rings is 1. The fourth-order valence-corrected chi connectivity index (χ4v) is 4.84. The number of anilines is 1. The van der Waals surface area contributed by atoms with E-state index in [1.165, 1.54) is 15.6 Å². The number of hydrogen-bond donors (Lipinski definition) is 1. The molecule has 140 valence electrons. The Morgan fingerprint density at radius 2 is 2.08 bits per heavy atom. The SMILES string of the molecule is CCS(=O)(=O)N1CCCC(C(=O)Nc2nnc(-c3ccc(Cl)cc3)s2)C1. The molecule has 0 aliphatic carbocycles. The third-order valence-electron chi connectivity index (χ3n) is 4.26. The predicted octanol–water partition coefficient (Wildman–Crippen LogP) is 2.86. The summed E-state index contributed by atoms with van der Waals surface area (Å²) in [4.78, 5) is 12.5. The maximum absolute atomic E-state index is 12.5. The molecule has 0 radical (unpaired) electrons. The molecule has 1 amide bonds. The van der Waals surface area contributed by atoms with Gasteiger partial charge in [0.05, 0.1) is 11.7 Å². The van der Waals surface area contributed by atoms with Crippen molar-refractivity contribution in [3.05, 3.63) is 29.3 Å². The molecule has 1 unspecified atom stereocenters. The van der Waals surface area contributed by atoms with Crippen molar-refractivity contribution in [2.24, 2.45) is 5.92 Å². The Morgan fingerprint density at radius 3 is 2.77 bits per heavy atom. The van der Waals surface area contributed by atoms with E-state index in [-0.39, 0.29) is 24.1 Å². The molecule has 0 spiro atoms. The van der Waals surface area contributed by atoms with Crippen LogP contribution in [-0.2, 0) is 14.8 Å². The van der Waals surface area contributed by atoms with Gasteiger partial charge in [-0.25, -0.2) is 12.7 Å². The fraction of sp³-hybridized carbons (Fsp3) is 0.438. The van der Waals surface area contributed by atoms with Crippen LogP contribution in [0.15, 0.2) is 24.3 Å². The molecular weight excluding hydrogens is 396 g/mol. The summed E-state index contributed by atoms with van der Waals surface area (Å²) < 4.78 is 25.5. The molecule has 1 aromatic heterocycles. The third kappa shape index (κ3) is 4.40. The smallest absolute Gasteiger partial charge is 0.230 e. The Bertz CT molecular complexity index is 883. The molecule has 0 saturated carbocycles. The predicted molar refractivity (Wildman–Crippen MR) is 103 cm³/mol. The van der Waals surface area contributed by atoms with Gasteiger partial charge in [0.25, 0.3) is 0 Å². The number of aromatic nitrogens is 2.